The Morgan fingerprint density at radius 3 is 3.00 bits per heavy atom. The van der Waals surface area contributed by atoms with Gasteiger partial charge in [0.15, 0.2) is 11.5 Å². The molecule has 3 aromatic heterocycles. The molecule has 0 aliphatic heterocycles. The van der Waals surface area contributed by atoms with E-state index in [0.717, 1.165) is 0 Å². The zero-order chi connectivity index (χ0) is 16.7. The smallest absolute Gasteiger partial charge is 0.388 e. The Labute approximate surface area is 133 Å². The first-order valence-electron chi connectivity index (χ1n) is 7.18. The van der Waals surface area contributed by atoms with Gasteiger partial charge in [-0.05, 0) is 6.42 Å². The number of fused-ring (bicyclic) bond motifs is 1. The number of hydrogen-bond acceptors (Lipinski definition) is 6. The van der Waals surface area contributed by atoms with Crippen molar-refractivity contribution in [3.05, 3.63) is 18.5 Å². The summed E-state index contributed by atoms with van der Waals surface area (Å²) in [5.41, 5.74) is 1.10. The van der Waals surface area contributed by atoms with Crippen LogP contribution in [0.2, 0.25) is 0 Å². The van der Waals surface area contributed by atoms with Crippen molar-refractivity contribution in [3.8, 4) is 5.88 Å². The van der Waals surface area contributed by atoms with E-state index in [4.69, 9.17) is 0 Å². The number of ether oxygens (including phenoxy) is 1. The second kappa shape index (κ2) is 5.65. The van der Waals surface area contributed by atoms with Crippen molar-refractivity contribution in [2.75, 3.05) is 5.32 Å². The van der Waals surface area contributed by atoms with Crippen LogP contribution in [0.25, 0.3) is 11.2 Å². The van der Waals surface area contributed by atoms with E-state index in [2.05, 4.69) is 35.3 Å². The largest absolute Gasteiger partial charge is 0.415 e. The summed E-state index contributed by atoms with van der Waals surface area (Å²) in [7, 11) is 0. The Kier molecular flexibility index (Phi) is 3.47. The van der Waals surface area contributed by atoms with Gasteiger partial charge in [0.1, 0.15) is 17.5 Å². The van der Waals surface area contributed by atoms with Crippen LogP contribution in [0.5, 0.6) is 5.88 Å². The molecule has 4 rings (SSSR count). The van der Waals surface area contributed by atoms with Crippen LogP contribution in [0.1, 0.15) is 6.42 Å². The van der Waals surface area contributed by atoms with Crippen LogP contribution in [0.3, 0.4) is 0 Å². The van der Waals surface area contributed by atoms with Crippen molar-refractivity contribution in [2.24, 2.45) is 5.92 Å². The number of hydrogen-bond donors (Lipinski definition) is 2. The number of rotatable bonds is 6. The molecule has 126 valence electrons. The average Bonchev–Trinajstić information content (AvgIpc) is 2.92. The van der Waals surface area contributed by atoms with Gasteiger partial charge in [-0.3, -0.25) is 5.10 Å². The molecule has 1 aliphatic rings. The minimum atomic E-state index is -2.95. The Balaban J connectivity index is 1.53. The van der Waals surface area contributed by atoms with Gasteiger partial charge in [0.2, 0.25) is 5.88 Å². The molecule has 0 saturated heterocycles. The number of anilines is 2. The lowest BCUT2D eigenvalue weighted by Gasteiger charge is -2.04. The lowest BCUT2D eigenvalue weighted by molar-refractivity contribution is -0.0528. The van der Waals surface area contributed by atoms with E-state index in [1.807, 2.05) is 0 Å². The van der Waals surface area contributed by atoms with Crippen LogP contribution in [0, 0.1) is 5.92 Å². The van der Waals surface area contributed by atoms with Crippen molar-refractivity contribution in [1.29, 1.82) is 0 Å². The highest BCUT2D eigenvalue weighted by Crippen LogP contribution is 2.35. The summed E-state index contributed by atoms with van der Waals surface area (Å²) in [6.07, 6.45) is 2.79. The van der Waals surface area contributed by atoms with Crippen molar-refractivity contribution in [1.82, 2.24) is 29.9 Å². The van der Waals surface area contributed by atoms with Gasteiger partial charge in [0.05, 0.1) is 12.4 Å². The molecular weight excluding hydrogens is 327 g/mol. The number of nitrogens with zero attached hydrogens (tertiary/aromatic N) is 5. The minimum Gasteiger partial charge on any atom is -0.415 e. The zero-order valence-corrected chi connectivity index (χ0v) is 12.2. The van der Waals surface area contributed by atoms with Gasteiger partial charge in [0.25, 0.3) is 0 Å². The molecule has 0 bridgehead atoms. The summed E-state index contributed by atoms with van der Waals surface area (Å²) >= 11 is 0. The van der Waals surface area contributed by atoms with Gasteiger partial charge in [-0.25, -0.2) is 19.0 Å². The number of aromatic nitrogens is 6. The lowest BCUT2D eigenvalue weighted by atomic mass is 10.4. The summed E-state index contributed by atoms with van der Waals surface area (Å²) in [5, 5.41) is 13.1. The average molecular weight is 339 g/mol. The molecule has 3 heterocycles. The van der Waals surface area contributed by atoms with E-state index in [9.17, 15) is 13.2 Å². The molecule has 1 aliphatic carbocycles. The van der Waals surface area contributed by atoms with Gasteiger partial charge in [-0.1, -0.05) is 0 Å². The van der Waals surface area contributed by atoms with E-state index in [1.165, 1.54) is 12.3 Å². The summed E-state index contributed by atoms with van der Waals surface area (Å²) in [6.45, 7) is -2.51. The predicted octanol–water partition coefficient (Wildman–Crippen LogP) is 2.25. The molecule has 2 atom stereocenters. The van der Waals surface area contributed by atoms with E-state index < -0.39 is 12.8 Å². The normalized spacial score (nSPS) is 19.8. The highest BCUT2D eigenvalue weighted by atomic mass is 19.3. The molecular formula is C13H12F3N7O. The predicted molar refractivity (Wildman–Crippen MR) is 76.8 cm³/mol. The molecule has 1 fully saturated rings. The highest BCUT2D eigenvalue weighted by Gasteiger charge is 2.38. The number of alkyl halides is 3. The van der Waals surface area contributed by atoms with Crippen LogP contribution >= 0.6 is 0 Å². The molecule has 0 unspecified atom stereocenters. The number of aromatic amines is 1. The quantitative estimate of drug-likeness (QED) is 0.715. The van der Waals surface area contributed by atoms with Gasteiger partial charge in [0, 0.05) is 18.5 Å². The van der Waals surface area contributed by atoms with E-state index in [-0.39, 0.29) is 11.8 Å². The summed E-state index contributed by atoms with van der Waals surface area (Å²) < 4.78 is 43.1. The second-order valence-electron chi connectivity index (χ2n) is 5.43. The maximum Gasteiger partial charge on any atom is 0.388 e. The number of halogens is 3. The third kappa shape index (κ3) is 2.96. The first-order valence-corrected chi connectivity index (χ1v) is 7.18. The Bertz CT molecular complexity index is 864. The topological polar surface area (TPSA) is 93.5 Å². The molecule has 24 heavy (non-hydrogen) atoms. The third-order valence-electron chi connectivity index (χ3n) is 3.62. The maximum atomic E-state index is 13.1. The van der Waals surface area contributed by atoms with Crippen molar-refractivity contribution in [2.45, 2.75) is 25.7 Å². The fraction of sp³-hybridized carbons (Fsp3) is 0.385. The van der Waals surface area contributed by atoms with Crippen molar-refractivity contribution >= 4 is 22.8 Å². The fourth-order valence-electron chi connectivity index (χ4n) is 2.32. The van der Waals surface area contributed by atoms with E-state index in [0.29, 0.717) is 35.8 Å². The van der Waals surface area contributed by atoms with E-state index >= 15 is 0 Å². The Morgan fingerprint density at radius 2 is 2.25 bits per heavy atom. The van der Waals surface area contributed by atoms with Crippen molar-refractivity contribution in [3.63, 3.8) is 0 Å². The molecule has 11 heteroatoms. The molecule has 0 radical (unpaired) electrons. The summed E-state index contributed by atoms with van der Waals surface area (Å²) in [6, 6.07) is 1.27. The maximum absolute atomic E-state index is 13.1. The number of nitrogens with one attached hydrogen (secondary N) is 2. The van der Waals surface area contributed by atoms with E-state index in [1.54, 1.807) is 10.9 Å². The molecule has 3 aromatic rings. The third-order valence-corrected chi connectivity index (χ3v) is 3.62. The standard InChI is InChI=1S/C13H12F3N7O/c14-7-1-6(7)5-23-12-8(3-18-23)17-4-10(20-12)19-9-2-11(22-21-9)24-13(15)16/h2-4,6-7,13H,1,5H2,(H2,19,20,21,22)/t6-,7-/m0/s1. The molecule has 8 nitrogen and oxygen atoms in total. The lowest BCUT2D eigenvalue weighted by Crippen LogP contribution is -2.05. The van der Waals surface area contributed by atoms with Gasteiger partial charge < -0.3 is 10.1 Å². The molecule has 0 amide bonds. The SMILES string of the molecule is FC(F)Oc1cc(Nc2cnc3cnn(C[C@@H]4C[C@@H]4F)c3n2)[nH]n1. The monoisotopic (exact) mass is 339 g/mol. The Morgan fingerprint density at radius 1 is 1.42 bits per heavy atom. The second-order valence-corrected chi connectivity index (χ2v) is 5.43. The molecule has 2 N–H and O–H groups in total. The fourth-order valence-corrected chi connectivity index (χ4v) is 2.32. The first kappa shape index (κ1) is 14.7. The molecule has 0 spiro atoms. The summed E-state index contributed by atoms with van der Waals surface area (Å²) in [4.78, 5) is 8.59. The van der Waals surface area contributed by atoms with Crippen LogP contribution in [0.15, 0.2) is 18.5 Å². The van der Waals surface area contributed by atoms with Gasteiger partial charge >= 0.3 is 6.61 Å². The Hall–Kier alpha value is -2.85. The zero-order valence-electron chi connectivity index (χ0n) is 12.2. The number of H-pyrrole nitrogens is 1. The molecule has 1 saturated carbocycles. The molecule has 0 aromatic carbocycles. The van der Waals surface area contributed by atoms with Crippen LogP contribution in [0.4, 0.5) is 24.8 Å². The van der Waals surface area contributed by atoms with Crippen LogP contribution < -0.4 is 10.1 Å². The summed E-state index contributed by atoms with van der Waals surface area (Å²) in [5.74, 6) is 0.406. The van der Waals surface area contributed by atoms with Crippen LogP contribution in [-0.4, -0.2) is 42.7 Å². The van der Waals surface area contributed by atoms with Gasteiger partial charge in [-0.2, -0.15) is 13.9 Å². The van der Waals surface area contributed by atoms with Gasteiger partial charge in [-0.15, -0.1) is 5.10 Å². The van der Waals surface area contributed by atoms with Crippen LogP contribution in [-0.2, 0) is 6.54 Å². The minimum absolute atomic E-state index is 0.0341. The first-order chi connectivity index (χ1) is 11.6. The van der Waals surface area contributed by atoms with Crippen molar-refractivity contribution < 1.29 is 17.9 Å². The highest BCUT2D eigenvalue weighted by molar-refractivity contribution is 5.71.